The molecule has 36 heavy (non-hydrogen) atoms. The summed E-state index contributed by atoms with van der Waals surface area (Å²) >= 11 is 0. The van der Waals surface area contributed by atoms with E-state index in [0.717, 1.165) is 0 Å². The van der Waals surface area contributed by atoms with E-state index in [0.29, 0.717) is 24.0 Å². The third kappa shape index (κ3) is 5.03. The number of methoxy groups -OCH3 is 4. The van der Waals surface area contributed by atoms with Gasteiger partial charge < -0.3 is 38.5 Å². The molecule has 202 valence electrons. The minimum absolute atomic E-state index is 0.0483. The largest absolute Gasteiger partial charge is 0.496 e. The highest BCUT2D eigenvalue weighted by atomic mass is 31.2. The number of hydrogen-bond donors (Lipinski definition) is 4. The third-order valence-electron chi connectivity index (χ3n) is 6.21. The summed E-state index contributed by atoms with van der Waals surface area (Å²) < 4.78 is 48.7. The van der Waals surface area contributed by atoms with E-state index in [1.54, 1.807) is 13.8 Å². The summed E-state index contributed by atoms with van der Waals surface area (Å²) in [6.07, 6.45) is 1.08. The molecule has 0 spiro atoms. The van der Waals surface area contributed by atoms with E-state index in [1.807, 2.05) is 13.8 Å². The topological polar surface area (TPSA) is 152 Å². The third-order valence-corrected chi connectivity index (χ3v) is 8.36. The van der Waals surface area contributed by atoms with Crippen LogP contribution in [0.3, 0.4) is 0 Å². The quantitative estimate of drug-likeness (QED) is 0.309. The Bertz CT molecular complexity index is 1130. The van der Waals surface area contributed by atoms with Crippen LogP contribution < -0.4 is 29.6 Å². The standard InChI is InChI=1S/C24H36O10P2/c1-9-13-19(31-5)15(11-3)23(35(25,26)27)17(21(13)33-7)18-22(34-8)14(10-2)20(32-6)16(12-4)24(18)36(28,29)30/h9-12H2,1-8H3,(H2,25,26,27)(H2,28,29,30). The Hall–Kier alpha value is -2.06. The second-order valence-corrected chi connectivity index (χ2v) is 11.1. The normalized spacial score (nSPS) is 12.0. The first-order chi connectivity index (χ1) is 16.8. The van der Waals surface area contributed by atoms with Crippen LogP contribution >= 0.6 is 15.2 Å². The molecule has 0 fully saturated rings. The van der Waals surface area contributed by atoms with Crippen LogP contribution in [-0.4, -0.2) is 48.0 Å². The van der Waals surface area contributed by atoms with Gasteiger partial charge in [0, 0.05) is 33.4 Å². The molecule has 0 amide bonds. The minimum Gasteiger partial charge on any atom is -0.496 e. The SMILES string of the molecule is CCc1c(OC)c(CC)c(P(=O)(O)O)c(-c2c(OC)c(CC)c(OC)c(CC)c2P(=O)(O)O)c1OC. The van der Waals surface area contributed by atoms with Crippen molar-refractivity contribution in [1.29, 1.82) is 0 Å². The molecule has 0 saturated heterocycles. The maximum absolute atomic E-state index is 13.1. The van der Waals surface area contributed by atoms with E-state index in [-0.39, 0.29) is 58.1 Å². The summed E-state index contributed by atoms with van der Waals surface area (Å²) in [5.41, 5.74) is 1.22. The van der Waals surface area contributed by atoms with Gasteiger partial charge in [-0.2, -0.15) is 0 Å². The first kappa shape index (κ1) is 30.2. The van der Waals surface area contributed by atoms with Crippen LogP contribution in [0.4, 0.5) is 0 Å². The minimum atomic E-state index is -5.05. The predicted molar refractivity (Wildman–Crippen MR) is 139 cm³/mol. The average Bonchev–Trinajstić information content (AvgIpc) is 2.83. The summed E-state index contributed by atoms with van der Waals surface area (Å²) in [7, 11) is -4.64. The van der Waals surface area contributed by atoms with E-state index in [4.69, 9.17) is 18.9 Å². The highest BCUT2D eigenvalue weighted by Crippen LogP contribution is 2.55. The van der Waals surface area contributed by atoms with Gasteiger partial charge in [-0.05, 0) is 25.7 Å². The molecule has 10 nitrogen and oxygen atoms in total. The van der Waals surface area contributed by atoms with Crippen LogP contribution in [-0.2, 0) is 34.8 Å². The van der Waals surface area contributed by atoms with Crippen molar-refractivity contribution in [3.8, 4) is 34.1 Å². The van der Waals surface area contributed by atoms with E-state index in [2.05, 4.69) is 0 Å². The lowest BCUT2D eigenvalue weighted by molar-refractivity contribution is 0.373. The molecule has 0 aromatic heterocycles. The summed E-state index contributed by atoms with van der Waals surface area (Å²) in [6.45, 7) is 7.09. The van der Waals surface area contributed by atoms with Gasteiger partial charge in [-0.3, -0.25) is 9.13 Å². The summed E-state index contributed by atoms with van der Waals surface area (Å²) in [5.74, 6) is 0.616. The summed E-state index contributed by atoms with van der Waals surface area (Å²) in [6, 6.07) is 0. The highest BCUT2D eigenvalue weighted by molar-refractivity contribution is 7.61. The van der Waals surface area contributed by atoms with Crippen molar-refractivity contribution in [3.05, 3.63) is 22.3 Å². The Balaban J connectivity index is 3.56. The second-order valence-electron chi connectivity index (χ2n) is 8.00. The lowest BCUT2D eigenvalue weighted by Gasteiger charge is -2.29. The summed E-state index contributed by atoms with van der Waals surface area (Å²) in [5, 5.41) is -0.837. The van der Waals surface area contributed by atoms with E-state index in [9.17, 15) is 28.7 Å². The van der Waals surface area contributed by atoms with Crippen LogP contribution in [0.25, 0.3) is 11.1 Å². The molecule has 4 N–H and O–H groups in total. The highest BCUT2D eigenvalue weighted by Gasteiger charge is 2.41. The molecule has 0 atom stereocenters. The van der Waals surface area contributed by atoms with Gasteiger partial charge in [0.05, 0.1) is 39.0 Å². The monoisotopic (exact) mass is 546 g/mol. The Labute approximate surface area is 211 Å². The Morgan fingerprint density at radius 3 is 0.917 bits per heavy atom. The zero-order valence-corrected chi connectivity index (χ0v) is 23.8. The fourth-order valence-corrected chi connectivity index (χ4v) is 7.18. The molecule has 0 aliphatic heterocycles. The fraction of sp³-hybridized carbons (Fsp3) is 0.500. The van der Waals surface area contributed by atoms with Gasteiger partial charge in [0.1, 0.15) is 23.0 Å². The molecule has 0 heterocycles. The van der Waals surface area contributed by atoms with Gasteiger partial charge in [0.15, 0.2) is 0 Å². The van der Waals surface area contributed by atoms with E-state index in [1.165, 1.54) is 28.4 Å². The van der Waals surface area contributed by atoms with Gasteiger partial charge >= 0.3 is 15.2 Å². The van der Waals surface area contributed by atoms with Crippen molar-refractivity contribution >= 4 is 25.8 Å². The number of rotatable bonds is 11. The van der Waals surface area contributed by atoms with Gasteiger partial charge in [-0.15, -0.1) is 0 Å². The van der Waals surface area contributed by atoms with Gasteiger partial charge in [-0.25, -0.2) is 0 Å². The van der Waals surface area contributed by atoms with Crippen molar-refractivity contribution in [1.82, 2.24) is 0 Å². The number of hydrogen-bond acceptors (Lipinski definition) is 6. The molecular formula is C24H36O10P2. The molecule has 2 aromatic rings. The van der Waals surface area contributed by atoms with Crippen molar-refractivity contribution in [2.24, 2.45) is 0 Å². The average molecular weight is 546 g/mol. The molecule has 0 bridgehead atoms. The molecule has 0 aliphatic carbocycles. The predicted octanol–water partition coefficient (Wildman–Crippen LogP) is 3.24. The molecule has 12 heteroatoms. The zero-order valence-electron chi connectivity index (χ0n) is 22.0. The van der Waals surface area contributed by atoms with E-state index < -0.39 is 25.8 Å². The first-order valence-electron chi connectivity index (χ1n) is 11.6. The molecule has 0 saturated carbocycles. The molecule has 2 aromatic carbocycles. The van der Waals surface area contributed by atoms with Crippen molar-refractivity contribution in [2.75, 3.05) is 28.4 Å². The van der Waals surface area contributed by atoms with Gasteiger partial charge in [0.2, 0.25) is 0 Å². The van der Waals surface area contributed by atoms with Gasteiger partial charge in [-0.1, -0.05) is 27.7 Å². The molecule has 2 rings (SSSR count). The Morgan fingerprint density at radius 2 is 0.750 bits per heavy atom. The Kier molecular flexibility index (Phi) is 9.68. The Morgan fingerprint density at radius 1 is 0.500 bits per heavy atom. The molecular weight excluding hydrogens is 510 g/mol. The van der Waals surface area contributed by atoms with Crippen LogP contribution in [0.2, 0.25) is 0 Å². The maximum atomic E-state index is 13.1. The lowest BCUT2D eigenvalue weighted by Crippen LogP contribution is -2.25. The van der Waals surface area contributed by atoms with Crippen LogP contribution in [0.1, 0.15) is 49.9 Å². The van der Waals surface area contributed by atoms with Gasteiger partial charge in [0.25, 0.3) is 0 Å². The fourth-order valence-electron chi connectivity index (χ4n) is 4.95. The molecule has 0 unspecified atom stereocenters. The zero-order chi connectivity index (χ0) is 27.6. The van der Waals surface area contributed by atoms with Crippen LogP contribution in [0.15, 0.2) is 0 Å². The lowest BCUT2D eigenvalue weighted by atomic mass is 9.89. The van der Waals surface area contributed by atoms with Crippen LogP contribution in [0.5, 0.6) is 23.0 Å². The maximum Gasteiger partial charge on any atom is 0.357 e. The number of benzene rings is 2. The van der Waals surface area contributed by atoms with Crippen LogP contribution in [0, 0.1) is 0 Å². The first-order valence-corrected chi connectivity index (χ1v) is 14.8. The van der Waals surface area contributed by atoms with Crippen molar-refractivity contribution in [2.45, 2.75) is 53.4 Å². The van der Waals surface area contributed by atoms with E-state index >= 15 is 0 Å². The second kappa shape index (κ2) is 11.5. The smallest absolute Gasteiger partial charge is 0.357 e. The summed E-state index contributed by atoms with van der Waals surface area (Å²) in [4.78, 5) is 42.4. The molecule has 0 radical (unpaired) electrons. The van der Waals surface area contributed by atoms with Crippen molar-refractivity contribution < 1.29 is 47.7 Å². The number of ether oxygens (including phenoxy) is 4. The molecule has 0 aliphatic rings. The van der Waals surface area contributed by atoms with Crippen molar-refractivity contribution in [3.63, 3.8) is 0 Å².